The maximum Gasteiger partial charge on any atom is 0.265 e. The minimum Gasteiger partial charge on any atom is -0.497 e. The normalized spacial score (nSPS) is 25.1. The Balaban J connectivity index is 1.32. The Morgan fingerprint density at radius 3 is 2.38 bits per heavy atom. The van der Waals surface area contributed by atoms with E-state index in [9.17, 15) is 13.5 Å². The number of nitrogens with zero attached hydrogens (tertiary/aromatic N) is 1. The lowest BCUT2D eigenvalue weighted by atomic mass is 10.0. The van der Waals surface area contributed by atoms with E-state index >= 15 is 0 Å². The molecule has 40 heavy (non-hydrogen) atoms. The van der Waals surface area contributed by atoms with Crippen LogP contribution in [0.4, 0.5) is 0 Å². The molecule has 3 fully saturated rings. The van der Waals surface area contributed by atoms with Crippen LogP contribution in [0.1, 0.15) is 24.8 Å². The Labute approximate surface area is 235 Å². The molecule has 2 aromatic carbocycles. The molecular weight excluding hydrogens is 540 g/mol. The van der Waals surface area contributed by atoms with Crippen LogP contribution < -0.4 is 10.1 Å². The number of hydrogen-bond donors (Lipinski definition) is 2. The maximum absolute atomic E-state index is 13.7. The smallest absolute Gasteiger partial charge is 0.265 e. The third-order valence-electron chi connectivity index (χ3n) is 7.20. The molecule has 3 aliphatic rings. The number of ether oxygens (including phenoxy) is 5. The molecule has 0 spiro atoms. The third-order valence-corrected chi connectivity index (χ3v) is 8.84. The molecule has 3 heterocycles. The summed E-state index contributed by atoms with van der Waals surface area (Å²) >= 11 is 0. The summed E-state index contributed by atoms with van der Waals surface area (Å²) < 4.78 is 56.0. The second-order valence-corrected chi connectivity index (χ2v) is 12.0. The molecule has 5 atom stereocenters. The summed E-state index contributed by atoms with van der Waals surface area (Å²) in [5.74, 6) is 0.536. The van der Waals surface area contributed by atoms with Crippen molar-refractivity contribution in [3.05, 3.63) is 60.2 Å². The van der Waals surface area contributed by atoms with Crippen molar-refractivity contribution in [2.75, 3.05) is 40.1 Å². The van der Waals surface area contributed by atoms with Crippen LogP contribution in [0.3, 0.4) is 0 Å². The summed E-state index contributed by atoms with van der Waals surface area (Å²) in [4.78, 5) is 6.08. The van der Waals surface area contributed by atoms with Crippen LogP contribution in [0.25, 0.3) is 0 Å². The highest BCUT2D eigenvalue weighted by Crippen LogP contribution is 2.27. The summed E-state index contributed by atoms with van der Waals surface area (Å²) in [6.07, 6.45) is -0.0272. The van der Waals surface area contributed by atoms with Crippen LogP contribution in [0.5, 0.6) is 5.75 Å². The van der Waals surface area contributed by atoms with Gasteiger partial charge in [-0.3, -0.25) is 10.2 Å². The highest BCUT2D eigenvalue weighted by Gasteiger charge is 2.45. The van der Waals surface area contributed by atoms with E-state index in [0.29, 0.717) is 51.4 Å². The van der Waals surface area contributed by atoms with Crippen molar-refractivity contribution in [3.63, 3.8) is 0 Å². The SMILES string of the molecule is COc1ccc(S(=O)(=O)N(C[C@@H](O)[C@H](Cc2ccccc2)NC2OC2O[C@H]2CCOC2)OC2CCOCC2)cc1. The predicted molar refractivity (Wildman–Crippen MR) is 144 cm³/mol. The predicted octanol–water partition coefficient (Wildman–Crippen LogP) is 1.85. The largest absolute Gasteiger partial charge is 0.497 e. The van der Waals surface area contributed by atoms with Crippen LogP contribution in [0, 0.1) is 0 Å². The van der Waals surface area contributed by atoms with Gasteiger partial charge < -0.3 is 28.8 Å². The highest BCUT2D eigenvalue weighted by molar-refractivity contribution is 7.89. The Hall–Kier alpha value is -2.13. The Morgan fingerprint density at radius 2 is 1.70 bits per heavy atom. The van der Waals surface area contributed by atoms with Gasteiger partial charge in [0, 0.05) is 25.9 Å². The average Bonchev–Trinajstić information content (AvgIpc) is 3.48. The number of hydroxylamine groups is 1. The maximum atomic E-state index is 13.7. The number of aliphatic hydroxyl groups excluding tert-OH is 1. The van der Waals surface area contributed by atoms with E-state index in [-0.39, 0.29) is 23.6 Å². The van der Waals surface area contributed by atoms with E-state index in [1.807, 2.05) is 30.3 Å². The molecule has 12 heteroatoms. The summed E-state index contributed by atoms with van der Waals surface area (Å²) in [6.45, 7) is 1.87. The van der Waals surface area contributed by atoms with Crippen molar-refractivity contribution in [2.45, 2.75) is 67.5 Å². The van der Waals surface area contributed by atoms with Crippen LogP contribution in [-0.2, 0) is 40.2 Å². The van der Waals surface area contributed by atoms with E-state index in [0.717, 1.165) is 16.5 Å². The Kier molecular flexibility index (Phi) is 10.0. The van der Waals surface area contributed by atoms with Gasteiger partial charge in [0.15, 0.2) is 12.5 Å². The van der Waals surface area contributed by atoms with E-state index in [2.05, 4.69) is 5.32 Å². The summed E-state index contributed by atoms with van der Waals surface area (Å²) in [5, 5.41) is 14.8. The molecule has 2 unspecified atom stereocenters. The molecule has 0 aromatic heterocycles. The summed E-state index contributed by atoms with van der Waals surface area (Å²) in [7, 11) is -2.59. The molecule has 2 N–H and O–H groups in total. The van der Waals surface area contributed by atoms with Crippen molar-refractivity contribution in [1.82, 2.24) is 9.79 Å². The first-order chi connectivity index (χ1) is 19.4. The number of sulfonamides is 1. The van der Waals surface area contributed by atoms with E-state index in [1.54, 1.807) is 12.1 Å². The first kappa shape index (κ1) is 29.4. The molecule has 11 nitrogen and oxygen atoms in total. The van der Waals surface area contributed by atoms with Gasteiger partial charge in [0.05, 0.1) is 43.5 Å². The minimum absolute atomic E-state index is 0.0210. The van der Waals surface area contributed by atoms with Crippen molar-refractivity contribution in [2.24, 2.45) is 0 Å². The number of epoxide rings is 1. The van der Waals surface area contributed by atoms with Crippen LogP contribution in [0.2, 0.25) is 0 Å². The van der Waals surface area contributed by atoms with Crippen LogP contribution in [-0.4, -0.2) is 94.9 Å². The lowest BCUT2D eigenvalue weighted by molar-refractivity contribution is -0.170. The molecule has 0 aliphatic carbocycles. The average molecular weight is 579 g/mol. The number of methoxy groups -OCH3 is 1. The van der Waals surface area contributed by atoms with Gasteiger partial charge in [-0.25, -0.2) is 8.42 Å². The zero-order chi connectivity index (χ0) is 28.0. The molecule has 3 saturated heterocycles. The van der Waals surface area contributed by atoms with Crippen molar-refractivity contribution in [3.8, 4) is 5.75 Å². The molecule has 0 bridgehead atoms. The van der Waals surface area contributed by atoms with E-state index in [4.69, 9.17) is 28.5 Å². The van der Waals surface area contributed by atoms with Crippen molar-refractivity contribution < 1.29 is 42.0 Å². The number of benzene rings is 2. The van der Waals surface area contributed by atoms with Gasteiger partial charge in [0.2, 0.25) is 0 Å². The molecule has 0 saturated carbocycles. The zero-order valence-corrected chi connectivity index (χ0v) is 23.4. The number of hydrogen-bond acceptors (Lipinski definition) is 10. The second-order valence-electron chi connectivity index (χ2n) is 10.2. The fourth-order valence-electron chi connectivity index (χ4n) is 4.81. The van der Waals surface area contributed by atoms with E-state index in [1.165, 1.54) is 19.2 Å². The topological polar surface area (TPSA) is 128 Å². The highest BCUT2D eigenvalue weighted by atomic mass is 32.2. The first-order valence-corrected chi connectivity index (χ1v) is 15.1. The molecule has 0 radical (unpaired) electrons. The molecule has 3 aliphatic heterocycles. The van der Waals surface area contributed by atoms with Crippen molar-refractivity contribution in [1.29, 1.82) is 0 Å². The molecule has 220 valence electrons. The third kappa shape index (κ3) is 7.78. The minimum atomic E-state index is -4.11. The molecule has 0 amide bonds. The first-order valence-electron chi connectivity index (χ1n) is 13.7. The Bertz CT molecular complexity index is 1160. The fraction of sp³-hybridized carbons (Fsp3) is 0.571. The lowest BCUT2D eigenvalue weighted by Crippen LogP contribution is -2.51. The number of nitrogens with one attached hydrogen (secondary N) is 1. The van der Waals surface area contributed by atoms with E-state index < -0.39 is 34.7 Å². The summed E-state index contributed by atoms with van der Waals surface area (Å²) in [6, 6.07) is 15.2. The van der Waals surface area contributed by atoms with Gasteiger partial charge in [-0.05, 0) is 55.5 Å². The fourth-order valence-corrected chi connectivity index (χ4v) is 6.11. The molecule has 5 rings (SSSR count). The number of aliphatic hydroxyl groups is 1. The summed E-state index contributed by atoms with van der Waals surface area (Å²) in [5.41, 5.74) is 0.983. The number of rotatable bonds is 14. The second kappa shape index (κ2) is 13.7. The zero-order valence-electron chi connectivity index (χ0n) is 22.6. The molecule has 2 aromatic rings. The quantitative estimate of drug-likeness (QED) is 0.253. The van der Waals surface area contributed by atoms with Crippen LogP contribution >= 0.6 is 0 Å². The van der Waals surface area contributed by atoms with Gasteiger partial charge in [-0.2, -0.15) is 0 Å². The lowest BCUT2D eigenvalue weighted by Gasteiger charge is -2.32. The van der Waals surface area contributed by atoms with Crippen molar-refractivity contribution >= 4 is 10.0 Å². The monoisotopic (exact) mass is 578 g/mol. The standard InChI is InChI=1S/C28H38N2O9S/c1-34-21-7-9-24(10-8-21)40(32,33)30(39-22-11-14-35-15-12-22)18-26(31)25(17-20-5-3-2-4-6-20)29-27-28(38-27)37-23-13-16-36-19-23/h2-10,22-23,25-29,31H,11-19H2,1H3/t23-,25-,26+,27?,28?/m0/s1. The van der Waals surface area contributed by atoms with Gasteiger partial charge in [-0.15, -0.1) is 0 Å². The Morgan fingerprint density at radius 1 is 1.00 bits per heavy atom. The van der Waals surface area contributed by atoms with Gasteiger partial charge in [0.1, 0.15) is 5.75 Å². The van der Waals surface area contributed by atoms with Crippen LogP contribution in [0.15, 0.2) is 59.5 Å². The van der Waals surface area contributed by atoms with Gasteiger partial charge in [-0.1, -0.05) is 34.8 Å². The van der Waals surface area contributed by atoms with Gasteiger partial charge >= 0.3 is 0 Å². The van der Waals surface area contributed by atoms with Gasteiger partial charge in [0.25, 0.3) is 10.0 Å². The molecular formula is C28H38N2O9S.